The molecule has 7 heteroatoms. The van der Waals surface area contributed by atoms with E-state index in [1.807, 2.05) is 44.2 Å². The van der Waals surface area contributed by atoms with Gasteiger partial charge in [0.2, 0.25) is 0 Å². The highest BCUT2D eigenvalue weighted by atomic mass is 16.8. The molecule has 1 aliphatic rings. The molecule has 26 heavy (non-hydrogen) atoms. The lowest BCUT2D eigenvalue weighted by Crippen LogP contribution is -2.37. The second-order valence-corrected chi connectivity index (χ2v) is 7.63. The molecule has 2 atom stereocenters. The van der Waals surface area contributed by atoms with Gasteiger partial charge in [0.15, 0.2) is 5.79 Å². The van der Waals surface area contributed by atoms with Crippen molar-refractivity contribution in [2.45, 2.75) is 64.8 Å². The minimum absolute atomic E-state index is 0.127. The molecule has 1 fully saturated rings. The molecular formula is C19H29NO6. The summed E-state index contributed by atoms with van der Waals surface area (Å²) in [6.45, 7) is 9.98. The van der Waals surface area contributed by atoms with Gasteiger partial charge in [-0.25, -0.2) is 4.79 Å². The van der Waals surface area contributed by atoms with E-state index in [1.165, 1.54) is 0 Å². The minimum atomic E-state index is -0.735. The van der Waals surface area contributed by atoms with Gasteiger partial charge in [0.1, 0.15) is 24.4 Å². The van der Waals surface area contributed by atoms with Crippen molar-refractivity contribution in [3.8, 4) is 0 Å². The monoisotopic (exact) mass is 367 g/mol. The number of carbonyl (C=O) groups excluding carboxylic acids is 1. The molecule has 1 N–H and O–H groups in total. The maximum atomic E-state index is 11.6. The first-order chi connectivity index (χ1) is 12.1. The predicted molar refractivity (Wildman–Crippen MR) is 95.2 cm³/mol. The fourth-order valence-electron chi connectivity index (χ4n) is 2.54. The normalized spacial score (nSPS) is 22.2. The number of amides is 1. The van der Waals surface area contributed by atoms with E-state index in [2.05, 4.69) is 5.48 Å². The van der Waals surface area contributed by atoms with Crippen molar-refractivity contribution < 1.29 is 28.6 Å². The highest BCUT2D eigenvalue weighted by Crippen LogP contribution is 2.28. The Labute approximate surface area is 154 Å². The summed E-state index contributed by atoms with van der Waals surface area (Å²) in [5.41, 5.74) is 2.76. The van der Waals surface area contributed by atoms with Crippen LogP contribution in [-0.4, -0.2) is 42.9 Å². The van der Waals surface area contributed by atoms with E-state index < -0.39 is 17.5 Å². The summed E-state index contributed by atoms with van der Waals surface area (Å²) in [4.78, 5) is 16.8. The Bertz CT molecular complexity index is 569. The van der Waals surface area contributed by atoms with Crippen molar-refractivity contribution in [3.05, 3.63) is 35.9 Å². The van der Waals surface area contributed by atoms with Gasteiger partial charge < -0.3 is 18.9 Å². The van der Waals surface area contributed by atoms with Gasteiger partial charge in [-0.05, 0) is 40.2 Å². The van der Waals surface area contributed by atoms with Gasteiger partial charge in [-0.3, -0.25) is 4.84 Å². The van der Waals surface area contributed by atoms with Crippen LogP contribution >= 0.6 is 0 Å². The summed E-state index contributed by atoms with van der Waals surface area (Å²) in [6, 6.07) is 9.90. The topological polar surface area (TPSA) is 75.3 Å². The van der Waals surface area contributed by atoms with Crippen molar-refractivity contribution in [2.75, 3.05) is 13.2 Å². The van der Waals surface area contributed by atoms with E-state index in [4.69, 9.17) is 23.8 Å². The smallest absolute Gasteiger partial charge is 0.431 e. The molecule has 0 bridgehead atoms. The molecule has 1 aliphatic heterocycles. The molecule has 0 aromatic heterocycles. The average molecular weight is 367 g/mol. The minimum Gasteiger partial charge on any atom is -0.442 e. The molecule has 0 saturated carbocycles. The quantitative estimate of drug-likeness (QED) is 0.746. The van der Waals surface area contributed by atoms with Gasteiger partial charge in [-0.1, -0.05) is 30.3 Å². The Kier molecular flexibility index (Phi) is 7.00. The number of benzene rings is 1. The molecule has 7 nitrogen and oxygen atoms in total. The molecule has 1 amide bonds. The fourth-order valence-corrected chi connectivity index (χ4v) is 2.54. The van der Waals surface area contributed by atoms with E-state index in [1.54, 1.807) is 20.8 Å². The average Bonchev–Trinajstić information content (AvgIpc) is 2.81. The molecule has 1 aromatic carbocycles. The third-order valence-corrected chi connectivity index (χ3v) is 3.48. The Morgan fingerprint density at radius 3 is 2.35 bits per heavy atom. The maximum absolute atomic E-state index is 11.6. The van der Waals surface area contributed by atoms with Crippen LogP contribution in [0.3, 0.4) is 0 Å². The second kappa shape index (κ2) is 8.81. The Hall–Kier alpha value is -1.67. The van der Waals surface area contributed by atoms with Gasteiger partial charge >= 0.3 is 6.09 Å². The zero-order valence-corrected chi connectivity index (χ0v) is 16.1. The zero-order valence-electron chi connectivity index (χ0n) is 16.1. The summed E-state index contributed by atoms with van der Waals surface area (Å²) >= 11 is 0. The first kappa shape index (κ1) is 20.6. The lowest BCUT2D eigenvalue weighted by molar-refractivity contribution is -0.156. The van der Waals surface area contributed by atoms with E-state index in [0.29, 0.717) is 13.2 Å². The van der Waals surface area contributed by atoms with Gasteiger partial charge in [-0.15, -0.1) is 0 Å². The van der Waals surface area contributed by atoms with Gasteiger partial charge in [0.05, 0.1) is 13.2 Å². The van der Waals surface area contributed by atoms with Crippen LogP contribution in [0.2, 0.25) is 0 Å². The Balaban J connectivity index is 1.76. The van der Waals surface area contributed by atoms with Crippen LogP contribution in [0.4, 0.5) is 4.79 Å². The van der Waals surface area contributed by atoms with E-state index in [9.17, 15) is 4.79 Å². The third kappa shape index (κ3) is 7.29. The van der Waals surface area contributed by atoms with Gasteiger partial charge in [0.25, 0.3) is 0 Å². The Morgan fingerprint density at radius 1 is 1.12 bits per heavy atom. The zero-order chi connectivity index (χ0) is 19.2. The number of nitrogens with one attached hydrogen (secondary N) is 1. The van der Waals surface area contributed by atoms with E-state index in [-0.39, 0.29) is 18.8 Å². The van der Waals surface area contributed by atoms with Crippen LogP contribution in [0.5, 0.6) is 0 Å². The van der Waals surface area contributed by atoms with Crippen LogP contribution < -0.4 is 5.48 Å². The summed E-state index contributed by atoms with van der Waals surface area (Å²) < 4.78 is 22.6. The molecular weight excluding hydrogens is 338 g/mol. The number of hydroxylamine groups is 1. The highest BCUT2D eigenvalue weighted by molar-refractivity contribution is 5.66. The summed E-state index contributed by atoms with van der Waals surface area (Å²) in [6.07, 6.45) is -1.31. The highest BCUT2D eigenvalue weighted by Gasteiger charge is 2.41. The van der Waals surface area contributed by atoms with E-state index >= 15 is 0 Å². The molecule has 0 aliphatic carbocycles. The Morgan fingerprint density at radius 2 is 1.73 bits per heavy atom. The maximum Gasteiger partial charge on any atom is 0.431 e. The molecule has 0 radical (unpaired) electrons. The van der Waals surface area contributed by atoms with E-state index in [0.717, 1.165) is 5.56 Å². The van der Waals surface area contributed by atoms with Crippen molar-refractivity contribution in [1.29, 1.82) is 0 Å². The van der Waals surface area contributed by atoms with Crippen LogP contribution in [0.15, 0.2) is 30.3 Å². The largest absolute Gasteiger partial charge is 0.442 e. The second-order valence-electron chi connectivity index (χ2n) is 7.63. The van der Waals surface area contributed by atoms with Crippen molar-refractivity contribution >= 4 is 6.09 Å². The molecule has 0 spiro atoms. The van der Waals surface area contributed by atoms with Gasteiger partial charge in [-0.2, -0.15) is 5.48 Å². The number of hydrogen-bond donors (Lipinski definition) is 1. The first-order valence-electron chi connectivity index (χ1n) is 8.73. The van der Waals surface area contributed by atoms with Crippen LogP contribution in [0.25, 0.3) is 0 Å². The number of rotatable bonds is 7. The number of carbonyl (C=O) groups is 1. The first-order valence-corrected chi connectivity index (χ1v) is 8.73. The summed E-state index contributed by atoms with van der Waals surface area (Å²) in [7, 11) is 0. The van der Waals surface area contributed by atoms with Crippen LogP contribution in [0, 0.1) is 0 Å². The SMILES string of the molecule is CC(C)(C)OC(=O)NOCC1OC(C)(C)OC1COCc1ccccc1. The predicted octanol–water partition coefficient (Wildman–Crippen LogP) is 3.18. The number of hydrogen-bond acceptors (Lipinski definition) is 6. The fraction of sp³-hybridized carbons (Fsp3) is 0.632. The molecule has 2 rings (SSSR count). The van der Waals surface area contributed by atoms with Crippen LogP contribution in [0.1, 0.15) is 40.2 Å². The van der Waals surface area contributed by atoms with Crippen molar-refractivity contribution in [2.24, 2.45) is 0 Å². The van der Waals surface area contributed by atoms with Crippen LogP contribution in [-0.2, 0) is 30.4 Å². The molecule has 2 unspecified atom stereocenters. The van der Waals surface area contributed by atoms with Crippen molar-refractivity contribution in [3.63, 3.8) is 0 Å². The lowest BCUT2D eigenvalue weighted by atomic mass is 10.2. The number of ether oxygens (including phenoxy) is 4. The van der Waals surface area contributed by atoms with Crippen molar-refractivity contribution in [1.82, 2.24) is 5.48 Å². The molecule has 1 aromatic rings. The third-order valence-electron chi connectivity index (χ3n) is 3.48. The van der Waals surface area contributed by atoms with Gasteiger partial charge in [0, 0.05) is 0 Å². The molecule has 1 saturated heterocycles. The lowest BCUT2D eigenvalue weighted by Gasteiger charge is -2.20. The molecule has 146 valence electrons. The molecule has 1 heterocycles. The summed E-state index contributed by atoms with van der Waals surface area (Å²) in [5, 5.41) is 0. The standard InChI is InChI=1S/C19H29NO6/c1-18(2,3)26-17(21)20-23-13-16-15(24-19(4,5)25-16)12-22-11-14-9-7-6-8-10-14/h6-10,15-16H,11-13H2,1-5H3,(H,20,21). The summed E-state index contributed by atoms with van der Waals surface area (Å²) in [5.74, 6) is -0.735.